The van der Waals surface area contributed by atoms with Gasteiger partial charge in [-0.25, -0.2) is 0 Å². The van der Waals surface area contributed by atoms with Crippen LogP contribution in [0.5, 0.6) is 0 Å². The minimum atomic E-state index is -0.696. The van der Waals surface area contributed by atoms with Crippen LogP contribution in [0.4, 0.5) is 0 Å². The van der Waals surface area contributed by atoms with Crippen LogP contribution >= 0.6 is 0 Å². The topological polar surface area (TPSA) is 73.9 Å². The van der Waals surface area contributed by atoms with Gasteiger partial charge in [-0.3, -0.25) is 0 Å². The minimum Gasteiger partial charge on any atom is -0.490 e. The fourth-order valence-electron chi connectivity index (χ4n) is 1.72. The molecule has 0 aromatic carbocycles. The van der Waals surface area contributed by atoms with E-state index >= 15 is 0 Å². The van der Waals surface area contributed by atoms with Gasteiger partial charge in [-0.15, -0.1) is 0 Å². The first-order valence-electron chi connectivity index (χ1n) is 5.62. The third-order valence-corrected chi connectivity index (χ3v) is 2.42. The lowest BCUT2D eigenvalue weighted by molar-refractivity contribution is -0.169. The fourth-order valence-corrected chi connectivity index (χ4v) is 1.72. The summed E-state index contributed by atoms with van der Waals surface area (Å²) in [5.74, 6) is 0.680. The monoisotopic (exact) mass is 231 g/mol. The molecule has 0 aliphatic carbocycles. The minimum absolute atomic E-state index is 0.497. The maximum atomic E-state index is 9.72. The van der Waals surface area contributed by atoms with Gasteiger partial charge in [0.15, 0.2) is 6.29 Å². The Morgan fingerprint density at radius 3 is 2.38 bits per heavy atom. The van der Waals surface area contributed by atoms with Crippen molar-refractivity contribution in [1.29, 1.82) is 0 Å². The highest BCUT2D eigenvalue weighted by molar-refractivity contribution is 5.08. The molecule has 1 aliphatic heterocycles. The maximum Gasteiger partial charge on any atom is 0.176 e. The highest BCUT2D eigenvalue weighted by Gasteiger charge is 2.36. The summed E-state index contributed by atoms with van der Waals surface area (Å²) in [5.41, 5.74) is 5.98. The second kappa shape index (κ2) is 6.20. The smallest absolute Gasteiger partial charge is 0.176 e. The Morgan fingerprint density at radius 1 is 1.44 bits per heavy atom. The molecule has 3 atom stereocenters. The van der Waals surface area contributed by atoms with Crippen molar-refractivity contribution in [3.05, 3.63) is 11.8 Å². The van der Waals surface area contributed by atoms with E-state index in [-0.39, 0.29) is 0 Å². The van der Waals surface area contributed by atoms with Crippen molar-refractivity contribution in [3.63, 3.8) is 0 Å². The zero-order valence-corrected chi connectivity index (χ0v) is 10.1. The maximum absolute atomic E-state index is 9.72. The Hall–Kier alpha value is -0.620. The SMILES string of the molecule is CCOC(OCC)[C@@H](N)[C@@H]1OC(C)=C[C@@H]1O. The van der Waals surface area contributed by atoms with Gasteiger partial charge in [0.2, 0.25) is 0 Å². The zero-order valence-electron chi connectivity index (χ0n) is 10.1. The molecule has 0 aromatic heterocycles. The van der Waals surface area contributed by atoms with Crippen molar-refractivity contribution in [2.75, 3.05) is 13.2 Å². The van der Waals surface area contributed by atoms with Crippen molar-refractivity contribution in [2.24, 2.45) is 5.73 Å². The number of rotatable bonds is 6. The number of aliphatic hydroxyl groups excluding tert-OH is 1. The van der Waals surface area contributed by atoms with Crippen LogP contribution in [-0.4, -0.2) is 42.9 Å². The van der Waals surface area contributed by atoms with Crippen LogP contribution in [0.25, 0.3) is 0 Å². The number of nitrogens with two attached hydrogens (primary N) is 1. The van der Waals surface area contributed by atoms with Crippen molar-refractivity contribution < 1.29 is 19.3 Å². The van der Waals surface area contributed by atoms with Crippen molar-refractivity contribution >= 4 is 0 Å². The molecule has 0 radical (unpaired) electrons. The summed E-state index contributed by atoms with van der Waals surface area (Å²) in [6, 6.07) is -0.511. The molecule has 5 heteroatoms. The number of hydrogen-bond acceptors (Lipinski definition) is 5. The molecule has 0 spiro atoms. The molecule has 0 fully saturated rings. The Kier molecular flexibility index (Phi) is 5.21. The third-order valence-electron chi connectivity index (χ3n) is 2.42. The van der Waals surface area contributed by atoms with Gasteiger partial charge in [-0.2, -0.15) is 0 Å². The quantitative estimate of drug-likeness (QED) is 0.646. The van der Waals surface area contributed by atoms with Crippen molar-refractivity contribution in [2.45, 2.75) is 45.3 Å². The number of ether oxygens (including phenoxy) is 3. The highest BCUT2D eigenvalue weighted by Crippen LogP contribution is 2.21. The van der Waals surface area contributed by atoms with Gasteiger partial charge < -0.3 is 25.1 Å². The van der Waals surface area contributed by atoms with Gasteiger partial charge in [0.1, 0.15) is 12.2 Å². The summed E-state index contributed by atoms with van der Waals surface area (Å²) in [6.45, 7) is 6.54. The Morgan fingerprint density at radius 2 is 2.00 bits per heavy atom. The molecular weight excluding hydrogens is 210 g/mol. The van der Waals surface area contributed by atoms with Gasteiger partial charge in [0.25, 0.3) is 0 Å². The summed E-state index contributed by atoms with van der Waals surface area (Å²) in [5, 5.41) is 9.72. The molecule has 1 rings (SSSR count). The lowest BCUT2D eigenvalue weighted by Crippen LogP contribution is -2.51. The Bertz CT molecular complexity index is 238. The van der Waals surface area contributed by atoms with Crippen LogP contribution in [0.1, 0.15) is 20.8 Å². The second-order valence-corrected chi connectivity index (χ2v) is 3.71. The molecule has 0 bridgehead atoms. The van der Waals surface area contributed by atoms with E-state index < -0.39 is 24.5 Å². The lowest BCUT2D eigenvalue weighted by Gasteiger charge is -2.29. The van der Waals surface area contributed by atoms with Gasteiger partial charge in [-0.1, -0.05) is 0 Å². The van der Waals surface area contributed by atoms with E-state index in [2.05, 4.69) is 0 Å². The molecular formula is C11H21NO4. The molecule has 16 heavy (non-hydrogen) atoms. The van der Waals surface area contributed by atoms with E-state index in [1.54, 1.807) is 13.0 Å². The lowest BCUT2D eigenvalue weighted by atomic mass is 10.1. The average molecular weight is 231 g/mol. The largest absolute Gasteiger partial charge is 0.490 e. The van der Waals surface area contributed by atoms with Gasteiger partial charge in [0.05, 0.1) is 11.8 Å². The summed E-state index contributed by atoms with van der Waals surface area (Å²) in [4.78, 5) is 0. The van der Waals surface area contributed by atoms with E-state index in [4.69, 9.17) is 19.9 Å². The van der Waals surface area contributed by atoms with Crippen LogP contribution in [-0.2, 0) is 14.2 Å². The second-order valence-electron chi connectivity index (χ2n) is 3.71. The van der Waals surface area contributed by atoms with Crippen LogP contribution in [0.2, 0.25) is 0 Å². The van der Waals surface area contributed by atoms with E-state index in [0.29, 0.717) is 19.0 Å². The molecule has 1 heterocycles. The molecule has 0 amide bonds. The first-order chi connectivity index (χ1) is 7.60. The molecule has 94 valence electrons. The molecule has 0 aromatic rings. The molecule has 0 saturated heterocycles. The van der Waals surface area contributed by atoms with Crippen LogP contribution in [0, 0.1) is 0 Å². The summed E-state index contributed by atoms with van der Waals surface area (Å²) < 4.78 is 16.2. The Balaban J connectivity index is 2.57. The van der Waals surface area contributed by atoms with E-state index in [1.807, 2.05) is 13.8 Å². The zero-order chi connectivity index (χ0) is 12.1. The number of hydrogen-bond donors (Lipinski definition) is 2. The van der Waals surface area contributed by atoms with E-state index in [1.165, 1.54) is 0 Å². The van der Waals surface area contributed by atoms with Crippen molar-refractivity contribution in [1.82, 2.24) is 0 Å². The first kappa shape index (κ1) is 13.4. The summed E-state index contributed by atoms with van der Waals surface area (Å²) >= 11 is 0. The standard InChI is InChI=1S/C11H21NO4/c1-4-14-11(15-5-2)9(12)10-8(13)6-7(3)16-10/h6,8-11,13H,4-5,12H2,1-3H3/t8-,9-,10+/m0/s1. The molecule has 1 aliphatic rings. The first-order valence-corrected chi connectivity index (χ1v) is 5.62. The average Bonchev–Trinajstić information content (AvgIpc) is 2.56. The summed E-state index contributed by atoms with van der Waals surface area (Å²) in [6.07, 6.45) is -0.102. The Labute approximate surface area is 96.2 Å². The molecule has 0 unspecified atom stereocenters. The van der Waals surface area contributed by atoms with E-state index in [9.17, 15) is 5.11 Å². The van der Waals surface area contributed by atoms with Crippen molar-refractivity contribution in [3.8, 4) is 0 Å². The third kappa shape index (κ3) is 3.18. The number of aliphatic hydroxyl groups is 1. The molecule has 5 nitrogen and oxygen atoms in total. The van der Waals surface area contributed by atoms with Crippen LogP contribution in [0.3, 0.4) is 0 Å². The molecule has 3 N–H and O–H groups in total. The van der Waals surface area contributed by atoms with E-state index in [0.717, 1.165) is 0 Å². The summed E-state index contributed by atoms with van der Waals surface area (Å²) in [7, 11) is 0. The normalized spacial score (nSPS) is 26.8. The van der Waals surface area contributed by atoms with Gasteiger partial charge >= 0.3 is 0 Å². The van der Waals surface area contributed by atoms with Gasteiger partial charge in [-0.05, 0) is 26.8 Å². The molecule has 0 saturated carbocycles. The fraction of sp³-hybridized carbons (Fsp3) is 0.818. The number of allylic oxidation sites excluding steroid dienone is 1. The van der Waals surface area contributed by atoms with Crippen LogP contribution < -0.4 is 5.73 Å². The highest BCUT2D eigenvalue weighted by atomic mass is 16.7. The predicted octanol–water partition coefficient (Wildman–Crippen LogP) is 0.376. The van der Waals surface area contributed by atoms with Gasteiger partial charge in [0, 0.05) is 13.2 Å². The van der Waals surface area contributed by atoms with Crippen LogP contribution in [0.15, 0.2) is 11.8 Å². The predicted molar refractivity (Wildman–Crippen MR) is 59.7 cm³/mol.